The lowest BCUT2D eigenvalue weighted by molar-refractivity contribution is -0.129. The summed E-state index contributed by atoms with van der Waals surface area (Å²) in [7, 11) is 0. The van der Waals surface area contributed by atoms with E-state index in [1.165, 1.54) is 4.88 Å². The van der Waals surface area contributed by atoms with Crippen molar-refractivity contribution in [3.63, 3.8) is 0 Å². The number of hydrogen-bond acceptors (Lipinski definition) is 4. The van der Waals surface area contributed by atoms with Gasteiger partial charge in [-0.1, -0.05) is 0 Å². The molecule has 1 saturated heterocycles. The van der Waals surface area contributed by atoms with Gasteiger partial charge < -0.3 is 10.2 Å². The van der Waals surface area contributed by atoms with Crippen LogP contribution in [0.2, 0.25) is 0 Å². The van der Waals surface area contributed by atoms with Crippen LogP contribution >= 0.6 is 11.3 Å². The topological polar surface area (TPSA) is 45.2 Å². The molecule has 0 aliphatic carbocycles. The highest BCUT2D eigenvalue weighted by Crippen LogP contribution is 2.25. The second-order valence-electron chi connectivity index (χ2n) is 5.35. The Bertz CT molecular complexity index is 450. The van der Waals surface area contributed by atoms with Crippen LogP contribution in [0.4, 0.5) is 0 Å². The maximum Gasteiger partial charge on any atom is 0.219 e. The normalized spacial score (nSPS) is 18.6. The average molecular weight is 281 g/mol. The quantitative estimate of drug-likeness (QED) is 0.925. The molecule has 19 heavy (non-hydrogen) atoms. The smallest absolute Gasteiger partial charge is 0.219 e. The van der Waals surface area contributed by atoms with Crippen molar-refractivity contribution >= 4 is 17.2 Å². The van der Waals surface area contributed by atoms with Gasteiger partial charge in [-0.15, -0.1) is 11.3 Å². The standard InChI is InChI=1S/C14H23N3OS/c1-9-14(19-11(3)15-9)10(2)16-13-5-7-17(8-6-13)12(4)18/h10,13,16H,5-8H2,1-4H3. The molecule has 0 bridgehead atoms. The van der Waals surface area contributed by atoms with Gasteiger partial charge in [0.25, 0.3) is 0 Å². The fourth-order valence-corrected chi connectivity index (χ4v) is 3.68. The second kappa shape index (κ2) is 6.01. The van der Waals surface area contributed by atoms with E-state index in [0.717, 1.165) is 36.6 Å². The first-order valence-corrected chi connectivity index (χ1v) is 7.74. The number of carbonyl (C=O) groups is 1. The minimum atomic E-state index is 0.195. The van der Waals surface area contributed by atoms with Gasteiger partial charge in [-0.05, 0) is 33.6 Å². The van der Waals surface area contributed by atoms with Gasteiger partial charge in [-0.2, -0.15) is 0 Å². The molecule has 1 aromatic rings. The molecule has 0 aromatic carbocycles. The van der Waals surface area contributed by atoms with Crippen LogP contribution in [0.5, 0.6) is 0 Å². The molecule has 2 heterocycles. The van der Waals surface area contributed by atoms with E-state index in [4.69, 9.17) is 0 Å². The summed E-state index contributed by atoms with van der Waals surface area (Å²) in [5, 5.41) is 4.81. The first-order valence-electron chi connectivity index (χ1n) is 6.93. The van der Waals surface area contributed by atoms with Crippen molar-refractivity contribution in [3.05, 3.63) is 15.6 Å². The van der Waals surface area contributed by atoms with E-state index in [0.29, 0.717) is 12.1 Å². The lowest BCUT2D eigenvalue weighted by atomic mass is 10.0. The third-order valence-corrected chi connectivity index (χ3v) is 5.01. The Morgan fingerprint density at radius 2 is 2.05 bits per heavy atom. The largest absolute Gasteiger partial charge is 0.343 e. The predicted molar refractivity (Wildman–Crippen MR) is 78.4 cm³/mol. The molecule has 1 aliphatic heterocycles. The third kappa shape index (κ3) is 3.54. The van der Waals surface area contributed by atoms with Crippen LogP contribution in [-0.4, -0.2) is 34.9 Å². The molecular formula is C14H23N3OS. The summed E-state index contributed by atoms with van der Waals surface area (Å²) in [6.45, 7) is 9.74. The number of carbonyl (C=O) groups excluding carboxylic acids is 1. The summed E-state index contributed by atoms with van der Waals surface area (Å²) in [4.78, 5) is 19.1. The number of nitrogens with one attached hydrogen (secondary N) is 1. The second-order valence-corrected chi connectivity index (χ2v) is 6.59. The Hall–Kier alpha value is -0.940. The van der Waals surface area contributed by atoms with Gasteiger partial charge in [-0.3, -0.25) is 4.79 Å². The monoisotopic (exact) mass is 281 g/mol. The molecule has 4 nitrogen and oxygen atoms in total. The molecule has 1 N–H and O–H groups in total. The summed E-state index contributed by atoms with van der Waals surface area (Å²) in [6.07, 6.45) is 2.08. The molecule has 0 radical (unpaired) electrons. The van der Waals surface area contributed by atoms with E-state index in [1.807, 2.05) is 4.90 Å². The van der Waals surface area contributed by atoms with Crippen molar-refractivity contribution in [1.82, 2.24) is 15.2 Å². The van der Waals surface area contributed by atoms with Crippen LogP contribution in [0.25, 0.3) is 0 Å². The zero-order valence-electron chi connectivity index (χ0n) is 12.2. The van der Waals surface area contributed by atoms with Gasteiger partial charge >= 0.3 is 0 Å². The van der Waals surface area contributed by atoms with Crippen LogP contribution in [0.15, 0.2) is 0 Å². The van der Waals surface area contributed by atoms with E-state index >= 15 is 0 Å². The van der Waals surface area contributed by atoms with Gasteiger partial charge in [0.1, 0.15) is 0 Å². The van der Waals surface area contributed by atoms with Gasteiger partial charge in [0.15, 0.2) is 0 Å². The van der Waals surface area contributed by atoms with E-state index in [1.54, 1.807) is 18.3 Å². The molecule has 0 spiro atoms. The minimum Gasteiger partial charge on any atom is -0.343 e. The van der Waals surface area contributed by atoms with Crippen LogP contribution in [-0.2, 0) is 4.79 Å². The van der Waals surface area contributed by atoms with Gasteiger partial charge in [0, 0.05) is 37.0 Å². The van der Waals surface area contributed by atoms with Gasteiger partial charge in [0.2, 0.25) is 5.91 Å². The number of aromatic nitrogens is 1. The summed E-state index contributed by atoms with van der Waals surface area (Å²) in [6, 6.07) is 0.854. The number of nitrogens with zero attached hydrogens (tertiary/aromatic N) is 2. The summed E-state index contributed by atoms with van der Waals surface area (Å²) in [5.41, 5.74) is 1.14. The zero-order valence-corrected chi connectivity index (χ0v) is 13.0. The SMILES string of the molecule is CC(=O)N1CCC(NC(C)c2sc(C)nc2C)CC1. The predicted octanol–water partition coefficient (Wildman–Crippen LogP) is 2.42. The highest BCUT2D eigenvalue weighted by Gasteiger charge is 2.23. The summed E-state index contributed by atoms with van der Waals surface area (Å²) < 4.78 is 0. The number of likely N-dealkylation sites (tertiary alicyclic amines) is 1. The molecule has 1 unspecified atom stereocenters. The van der Waals surface area contributed by atoms with E-state index in [-0.39, 0.29) is 5.91 Å². The van der Waals surface area contributed by atoms with Crippen LogP contribution in [0, 0.1) is 13.8 Å². The van der Waals surface area contributed by atoms with Crippen molar-refractivity contribution in [1.29, 1.82) is 0 Å². The molecule has 1 atom stereocenters. The highest BCUT2D eigenvalue weighted by molar-refractivity contribution is 7.11. The third-order valence-electron chi connectivity index (χ3n) is 3.76. The highest BCUT2D eigenvalue weighted by atomic mass is 32.1. The molecule has 5 heteroatoms. The first kappa shape index (κ1) is 14.5. The van der Waals surface area contributed by atoms with E-state index in [2.05, 4.69) is 31.1 Å². The molecule has 1 fully saturated rings. The summed E-state index contributed by atoms with van der Waals surface area (Å²) >= 11 is 1.78. The summed E-state index contributed by atoms with van der Waals surface area (Å²) in [5.74, 6) is 0.195. The Morgan fingerprint density at radius 3 is 2.53 bits per heavy atom. The molecule has 1 aromatic heterocycles. The average Bonchev–Trinajstić information content (AvgIpc) is 2.69. The van der Waals surface area contributed by atoms with Crippen LogP contribution in [0.3, 0.4) is 0 Å². The first-order chi connectivity index (χ1) is 8.97. The lowest BCUT2D eigenvalue weighted by Crippen LogP contribution is -2.44. The molecule has 1 aliphatic rings. The number of aryl methyl sites for hydroxylation is 2. The lowest BCUT2D eigenvalue weighted by Gasteiger charge is -2.33. The van der Waals surface area contributed by atoms with Crippen LogP contribution < -0.4 is 5.32 Å². The number of piperidine rings is 1. The molecule has 106 valence electrons. The zero-order chi connectivity index (χ0) is 14.0. The molecule has 1 amide bonds. The van der Waals surface area contributed by atoms with Gasteiger partial charge in [-0.25, -0.2) is 4.98 Å². The molecule has 2 rings (SSSR count). The van der Waals surface area contributed by atoms with Crippen molar-refractivity contribution in [2.75, 3.05) is 13.1 Å². The fraction of sp³-hybridized carbons (Fsp3) is 0.714. The number of amides is 1. The molecular weight excluding hydrogens is 258 g/mol. The molecule has 0 saturated carbocycles. The Balaban J connectivity index is 1.89. The minimum absolute atomic E-state index is 0.195. The van der Waals surface area contributed by atoms with Crippen molar-refractivity contribution in [3.8, 4) is 0 Å². The van der Waals surface area contributed by atoms with Crippen molar-refractivity contribution in [2.45, 2.75) is 52.6 Å². The van der Waals surface area contributed by atoms with Crippen molar-refractivity contribution < 1.29 is 4.79 Å². The van der Waals surface area contributed by atoms with Crippen molar-refractivity contribution in [2.24, 2.45) is 0 Å². The number of thiazole rings is 1. The Morgan fingerprint density at radius 1 is 1.42 bits per heavy atom. The maximum atomic E-state index is 11.3. The van der Waals surface area contributed by atoms with E-state index in [9.17, 15) is 4.79 Å². The number of hydrogen-bond donors (Lipinski definition) is 1. The number of rotatable bonds is 3. The van der Waals surface area contributed by atoms with E-state index < -0.39 is 0 Å². The fourth-order valence-electron chi connectivity index (χ4n) is 2.74. The Kier molecular flexibility index (Phi) is 4.58. The van der Waals surface area contributed by atoms with Crippen LogP contribution in [0.1, 0.15) is 48.3 Å². The van der Waals surface area contributed by atoms with Gasteiger partial charge in [0.05, 0.1) is 10.7 Å². The maximum absolute atomic E-state index is 11.3. The Labute approximate surface area is 119 Å².